The van der Waals surface area contributed by atoms with Crippen LogP contribution in [0.4, 0.5) is 0 Å². The molecule has 1 atom stereocenters. The van der Waals surface area contributed by atoms with Gasteiger partial charge >= 0.3 is 0 Å². The van der Waals surface area contributed by atoms with Crippen LogP contribution >= 0.6 is 0 Å². The number of hydrogen-bond donors (Lipinski definition) is 0. The van der Waals surface area contributed by atoms with Gasteiger partial charge in [-0.25, -0.2) is 4.98 Å². The van der Waals surface area contributed by atoms with Gasteiger partial charge in [-0.05, 0) is 19.1 Å². The topological polar surface area (TPSA) is 35.2 Å². The smallest absolute Gasteiger partial charge is 0.122 e. The van der Waals surface area contributed by atoms with Gasteiger partial charge in [-0.1, -0.05) is 0 Å². The van der Waals surface area contributed by atoms with Crippen LogP contribution in [0.2, 0.25) is 0 Å². The van der Waals surface area contributed by atoms with Crippen LogP contribution in [-0.2, 0) is 24.9 Å². The van der Waals surface area contributed by atoms with Gasteiger partial charge in [0.2, 0.25) is 0 Å². The Morgan fingerprint density at radius 3 is 3.05 bits per heavy atom. The maximum Gasteiger partial charge on any atom is 0.122 e. The van der Waals surface area contributed by atoms with Crippen molar-refractivity contribution in [3.8, 4) is 0 Å². The van der Waals surface area contributed by atoms with Crippen LogP contribution in [0.3, 0.4) is 0 Å². The second-order valence-electron chi connectivity index (χ2n) is 5.23. The van der Waals surface area contributed by atoms with Crippen LogP contribution in [-0.4, -0.2) is 38.8 Å². The SMILES string of the molecule is CCn1ccnc1CN1CCOCC1c1cccn1C. The maximum absolute atomic E-state index is 5.68. The van der Waals surface area contributed by atoms with Gasteiger partial charge in [-0.2, -0.15) is 0 Å². The molecule has 0 spiro atoms. The lowest BCUT2D eigenvalue weighted by molar-refractivity contribution is -0.0167. The number of ether oxygens (including phenoxy) is 1. The van der Waals surface area contributed by atoms with Gasteiger partial charge in [0.1, 0.15) is 5.82 Å². The molecule has 1 aliphatic heterocycles. The number of nitrogens with zero attached hydrogens (tertiary/aromatic N) is 4. The summed E-state index contributed by atoms with van der Waals surface area (Å²) in [5.41, 5.74) is 1.30. The number of aryl methyl sites for hydroxylation is 2. The van der Waals surface area contributed by atoms with Gasteiger partial charge in [0.25, 0.3) is 0 Å². The van der Waals surface area contributed by atoms with E-state index >= 15 is 0 Å². The zero-order valence-electron chi connectivity index (χ0n) is 12.2. The van der Waals surface area contributed by atoms with Crippen LogP contribution < -0.4 is 0 Å². The highest BCUT2D eigenvalue weighted by Crippen LogP contribution is 2.25. The molecule has 3 rings (SSSR count). The van der Waals surface area contributed by atoms with E-state index in [9.17, 15) is 0 Å². The largest absolute Gasteiger partial charge is 0.378 e. The van der Waals surface area contributed by atoms with Crippen molar-refractivity contribution in [3.63, 3.8) is 0 Å². The van der Waals surface area contributed by atoms with Crippen molar-refractivity contribution in [2.24, 2.45) is 7.05 Å². The molecular weight excluding hydrogens is 252 g/mol. The lowest BCUT2D eigenvalue weighted by Crippen LogP contribution is -2.40. The molecule has 0 radical (unpaired) electrons. The van der Waals surface area contributed by atoms with Crippen LogP contribution in [0.15, 0.2) is 30.7 Å². The van der Waals surface area contributed by atoms with E-state index in [0.29, 0.717) is 6.04 Å². The Kier molecular flexibility index (Phi) is 3.89. The standard InChI is InChI=1S/C15H22N4O/c1-3-18-8-6-16-15(18)11-19-9-10-20-12-14(19)13-5-4-7-17(13)2/h4-8,14H,3,9-12H2,1-2H3. The van der Waals surface area contributed by atoms with E-state index in [-0.39, 0.29) is 0 Å². The Hall–Kier alpha value is -1.59. The third kappa shape index (κ3) is 2.51. The van der Waals surface area contributed by atoms with Crippen LogP contribution in [0.5, 0.6) is 0 Å². The first kappa shape index (κ1) is 13.4. The molecule has 0 saturated carbocycles. The minimum absolute atomic E-state index is 0.311. The molecule has 1 unspecified atom stereocenters. The number of rotatable bonds is 4. The number of imidazole rings is 1. The quantitative estimate of drug-likeness (QED) is 0.853. The van der Waals surface area contributed by atoms with Crippen LogP contribution in [0.25, 0.3) is 0 Å². The second-order valence-corrected chi connectivity index (χ2v) is 5.23. The molecule has 0 bridgehead atoms. The van der Waals surface area contributed by atoms with Gasteiger partial charge in [0, 0.05) is 44.4 Å². The van der Waals surface area contributed by atoms with E-state index in [1.165, 1.54) is 5.69 Å². The van der Waals surface area contributed by atoms with Crippen molar-refractivity contribution in [3.05, 3.63) is 42.2 Å². The fourth-order valence-electron chi connectivity index (χ4n) is 2.88. The molecule has 108 valence electrons. The molecule has 1 saturated heterocycles. The maximum atomic E-state index is 5.68. The van der Waals surface area contributed by atoms with E-state index in [0.717, 1.165) is 38.7 Å². The Bertz CT molecular complexity index is 560. The predicted octanol–water partition coefficient (Wildman–Crippen LogP) is 1.81. The summed E-state index contributed by atoms with van der Waals surface area (Å²) in [5, 5.41) is 0. The van der Waals surface area contributed by atoms with Gasteiger partial charge < -0.3 is 13.9 Å². The fraction of sp³-hybridized carbons (Fsp3) is 0.533. The second kappa shape index (κ2) is 5.81. The summed E-state index contributed by atoms with van der Waals surface area (Å²) in [6.07, 6.45) is 6.03. The highest BCUT2D eigenvalue weighted by Gasteiger charge is 2.27. The summed E-state index contributed by atoms with van der Waals surface area (Å²) in [7, 11) is 2.09. The van der Waals surface area contributed by atoms with Crippen LogP contribution in [0, 0.1) is 0 Å². The minimum Gasteiger partial charge on any atom is -0.378 e. The highest BCUT2D eigenvalue weighted by molar-refractivity contribution is 5.13. The van der Waals surface area contributed by atoms with Crippen molar-refractivity contribution >= 4 is 0 Å². The molecule has 2 aromatic rings. The van der Waals surface area contributed by atoms with Crippen molar-refractivity contribution in [2.45, 2.75) is 26.1 Å². The van der Waals surface area contributed by atoms with E-state index in [2.05, 4.69) is 51.3 Å². The summed E-state index contributed by atoms with van der Waals surface area (Å²) in [6.45, 7) is 6.50. The van der Waals surface area contributed by atoms with Crippen molar-refractivity contribution in [1.82, 2.24) is 19.0 Å². The molecule has 3 heterocycles. The summed E-state index contributed by atoms with van der Waals surface area (Å²) in [5.74, 6) is 1.13. The minimum atomic E-state index is 0.311. The number of aromatic nitrogens is 3. The van der Waals surface area contributed by atoms with Crippen molar-refractivity contribution in [2.75, 3.05) is 19.8 Å². The molecule has 1 aliphatic rings. The van der Waals surface area contributed by atoms with Gasteiger partial charge in [-0.15, -0.1) is 0 Å². The lowest BCUT2D eigenvalue weighted by atomic mass is 10.1. The zero-order valence-corrected chi connectivity index (χ0v) is 12.2. The molecule has 0 aromatic carbocycles. The molecule has 5 heteroatoms. The first-order chi connectivity index (χ1) is 9.79. The Morgan fingerprint density at radius 2 is 2.30 bits per heavy atom. The lowest BCUT2D eigenvalue weighted by Gasteiger charge is -2.35. The predicted molar refractivity (Wildman–Crippen MR) is 77.3 cm³/mol. The fourth-order valence-corrected chi connectivity index (χ4v) is 2.88. The zero-order chi connectivity index (χ0) is 13.9. The van der Waals surface area contributed by atoms with Gasteiger partial charge in [0.15, 0.2) is 0 Å². The molecule has 0 N–H and O–H groups in total. The Balaban J connectivity index is 1.81. The van der Waals surface area contributed by atoms with E-state index in [1.807, 2.05) is 12.4 Å². The number of hydrogen-bond acceptors (Lipinski definition) is 3. The molecule has 1 fully saturated rings. The molecule has 5 nitrogen and oxygen atoms in total. The van der Waals surface area contributed by atoms with Crippen molar-refractivity contribution in [1.29, 1.82) is 0 Å². The first-order valence-electron chi connectivity index (χ1n) is 7.22. The monoisotopic (exact) mass is 274 g/mol. The summed E-state index contributed by atoms with van der Waals surface area (Å²) in [6, 6.07) is 4.58. The van der Waals surface area contributed by atoms with Gasteiger partial charge in [-0.3, -0.25) is 4.90 Å². The normalized spacial score (nSPS) is 20.4. The summed E-state index contributed by atoms with van der Waals surface area (Å²) < 4.78 is 10.1. The first-order valence-corrected chi connectivity index (χ1v) is 7.22. The average Bonchev–Trinajstić information content (AvgIpc) is 3.08. The molecule has 20 heavy (non-hydrogen) atoms. The third-order valence-corrected chi connectivity index (χ3v) is 4.05. The Labute approximate surface area is 119 Å². The van der Waals surface area contributed by atoms with E-state index < -0.39 is 0 Å². The third-order valence-electron chi connectivity index (χ3n) is 4.05. The number of morpholine rings is 1. The summed E-state index contributed by atoms with van der Waals surface area (Å²) >= 11 is 0. The van der Waals surface area contributed by atoms with E-state index in [1.54, 1.807) is 0 Å². The molecule has 2 aromatic heterocycles. The van der Waals surface area contributed by atoms with Crippen LogP contribution in [0.1, 0.15) is 24.5 Å². The molecule has 0 aliphatic carbocycles. The molecular formula is C15H22N4O. The highest BCUT2D eigenvalue weighted by atomic mass is 16.5. The Morgan fingerprint density at radius 1 is 1.40 bits per heavy atom. The average molecular weight is 274 g/mol. The van der Waals surface area contributed by atoms with E-state index in [4.69, 9.17) is 4.74 Å². The summed E-state index contributed by atoms with van der Waals surface area (Å²) in [4.78, 5) is 6.96. The van der Waals surface area contributed by atoms with Gasteiger partial charge in [0.05, 0.1) is 25.8 Å². The van der Waals surface area contributed by atoms with Crippen molar-refractivity contribution < 1.29 is 4.74 Å². The molecule has 0 amide bonds.